The summed E-state index contributed by atoms with van der Waals surface area (Å²) in [7, 11) is 1.65. The first-order valence-electron chi connectivity index (χ1n) is 5.83. The zero-order chi connectivity index (χ0) is 14.4. The SMILES string of the molecule is COCCNCc1nnc(Oc2cc(F)cc(Br)c2)s1. The first-order valence-corrected chi connectivity index (χ1v) is 7.44. The average molecular weight is 362 g/mol. The molecule has 108 valence electrons. The summed E-state index contributed by atoms with van der Waals surface area (Å²) in [6.07, 6.45) is 0. The fraction of sp³-hybridized carbons (Fsp3) is 0.333. The van der Waals surface area contributed by atoms with Gasteiger partial charge in [-0.1, -0.05) is 32.4 Å². The van der Waals surface area contributed by atoms with Crippen molar-refractivity contribution in [3.63, 3.8) is 0 Å². The normalized spacial score (nSPS) is 10.8. The Morgan fingerprint density at radius 1 is 1.35 bits per heavy atom. The molecule has 5 nitrogen and oxygen atoms in total. The molecule has 1 heterocycles. The van der Waals surface area contributed by atoms with Crippen LogP contribution in [0.2, 0.25) is 0 Å². The van der Waals surface area contributed by atoms with Crippen molar-refractivity contribution < 1.29 is 13.9 Å². The minimum absolute atomic E-state index is 0.375. The largest absolute Gasteiger partial charge is 0.430 e. The number of methoxy groups -OCH3 is 1. The lowest BCUT2D eigenvalue weighted by atomic mass is 10.3. The van der Waals surface area contributed by atoms with Crippen molar-refractivity contribution in [2.24, 2.45) is 0 Å². The number of aromatic nitrogens is 2. The van der Waals surface area contributed by atoms with Gasteiger partial charge < -0.3 is 14.8 Å². The number of hydrogen-bond donors (Lipinski definition) is 1. The third kappa shape index (κ3) is 4.78. The third-order valence-corrected chi connectivity index (χ3v) is 3.51. The molecular weight excluding hydrogens is 349 g/mol. The van der Waals surface area contributed by atoms with Crippen molar-refractivity contribution in [1.29, 1.82) is 0 Å². The second-order valence-electron chi connectivity index (χ2n) is 3.84. The Morgan fingerprint density at radius 2 is 2.20 bits per heavy atom. The van der Waals surface area contributed by atoms with Gasteiger partial charge in [0.1, 0.15) is 16.6 Å². The van der Waals surface area contributed by atoms with Gasteiger partial charge in [-0.2, -0.15) is 0 Å². The van der Waals surface area contributed by atoms with E-state index in [0.717, 1.165) is 11.6 Å². The standard InChI is InChI=1S/C12H13BrFN3O2S/c1-18-3-2-15-7-11-16-17-12(20-11)19-10-5-8(13)4-9(14)6-10/h4-6,15H,2-3,7H2,1H3. The highest BCUT2D eigenvalue weighted by molar-refractivity contribution is 9.10. The number of ether oxygens (including phenoxy) is 2. The molecule has 1 N–H and O–H groups in total. The highest BCUT2D eigenvalue weighted by atomic mass is 79.9. The molecule has 0 aliphatic carbocycles. The number of halogens is 2. The second kappa shape index (κ2) is 7.63. The second-order valence-corrected chi connectivity index (χ2v) is 5.78. The van der Waals surface area contributed by atoms with Crippen LogP contribution in [-0.4, -0.2) is 30.5 Å². The zero-order valence-electron chi connectivity index (χ0n) is 10.7. The number of hydrogen-bond acceptors (Lipinski definition) is 6. The van der Waals surface area contributed by atoms with Crippen LogP contribution in [0.4, 0.5) is 4.39 Å². The van der Waals surface area contributed by atoms with Gasteiger partial charge in [0.2, 0.25) is 0 Å². The van der Waals surface area contributed by atoms with Gasteiger partial charge in [0.25, 0.3) is 5.19 Å². The van der Waals surface area contributed by atoms with Gasteiger partial charge in [-0.15, -0.1) is 5.10 Å². The topological polar surface area (TPSA) is 56.3 Å². The summed E-state index contributed by atoms with van der Waals surface area (Å²) in [6, 6.07) is 4.32. The predicted octanol–water partition coefficient (Wildman–Crippen LogP) is 2.97. The van der Waals surface area contributed by atoms with E-state index in [1.807, 2.05) is 0 Å². The maximum absolute atomic E-state index is 13.2. The Balaban J connectivity index is 1.92. The monoisotopic (exact) mass is 361 g/mol. The van der Waals surface area contributed by atoms with E-state index >= 15 is 0 Å². The van der Waals surface area contributed by atoms with Crippen LogP contribution in [0, 0.1) is 5.82 Å². The van der Waals surface area contributed by atoms with Crippen molar-refractivity contribution >= 4 is 27.3 Å². The third-order valence-electron chi connectivity index (χ3n) is 2.25. The summed E-state index contributed by atoms with van der Waals surface area (Å²) < 4.78 is 24.2. The van der Waals surface area contributed by atoms with E-state index in [9.17, 15) is 4.39 Å². The Morgan fingerprint density at radius 3 is 2.95 bits per heavy atom. The Labute approximate surface area is 128 Å². The summed E-state index contributed by atoms with van der Waals surface area (Å²) in [6.45, 7) is 1.97. The van der Waals surface area contributed by atoms with Crippen molar-refractivity contribution in [3.05, 3.63) is 33.5 Å². The predicted molar refractivity (Wildman–Crippen MR) is 77.7 cm³/mol. The number of benzene rings is 1. The number of rotatable bonds is 7. The van der Waals surface area contributed by atoms with E-state index in [0.29, 0.717) is 28.6 Å². The highest BCUT2D eigenvalue weighted by Gasteiger charge is 2.07. The lowest BCUT2D eigenvalue weighted by Crippen LogP contribution is -2.18. The Kier molecular flexibility index (Phi) is 5.84. The highest BCUT2D eigenvalue weighted by Crippen LogP contribution is 2.27. The molecule has 0 saturated heterocycles. The molecule has 8 heteroatoms. The summed E-state index contributed by atoms with van der Waals surface area (Å²) in [5, 5.41) is 12.2. The van der Waals surface area contributed by atoms with E-state index in [-0.39, 0.29) is 5.82 Å². The van der Waals surface area contributed by atoms with Crippen LogP contribution in [0.1, 0.15) is 5.01 Å². The van der Waals surface area contributed by atoms with Crippen molar-refractivity contribution in [2.45, 2.75) is 6.54 Å². The molecule has 2 aromatic rings. The van der Waals surface area contributed by atoms with Crippen molar-refractivity contribution in [1.82, 2.24) is 15.5 Å². The summed E-state index contributed by atoms with van der Waals surface area (Å²) in [5.74, 6) is 0.00673. The van der Waals surface area contributed by atoms with Crippen LogP contribution in [0.3, 0.4) is 0 Å². The molecule has 1 aromatic carbocycles. The molecule has 0 spiro atoms. The molecule has 0 aliphatic rings. The molecule has 0 amide bonds. The van der Waals surface area contributed by atoms with E-state index in [2.05, 4.69) is 31.4 Å². The van der Waals surface area contributed by atoms with Crippen LogP contribution >= 0.6 is 27.3 Å². The molecule has 0 fully saturated rings. The van der Waals surface area contributed by atoms with Crippen LogP contribution in [0.5, 0.6) is 10.9 Å². The fourth-order valence-corrected chi connectivity index (χ4v) is 2.53. The molecule has 0 aliphatic heterocycles. The Hall–Kier alpha value is -1.09. The lowest BCUT2D eigenvalue weighted by Gasteiger charge is -2.01. The smallest absolute Gasteiger partial charge is 0.299 e. The average Bonchev–Trinajstić information content (AvgIpc) is 2.81. The minimum atomic E-state index is -0.375. The van der Waals surface area contributed by atoms with Gasteiger partial charge in [0.05, 0.1) is 6.61 Å². The summed E-state index contributed by atoms with van der Waals surface area (Å²) in [5.41, 5.74) is 0. The maximum Gasteiger partial charge on any atom is 0.299 e. The number of nitrogens with zero attached hydrogens (tertiary/aromatic N) is 2. The van der Waals surface area contributed by atoms with Gasteiger partial charge in [0, 0.05) is 30.7 Å². The van der Waals surface area contributed by atoms with E-state index in [1.165, 1.54) is 23.5 Å². The molecule has 1 aromatic heterocycles. The van der Waals surface area contributed by atoms with Gasteiger partial charge in [-0.25, -0.2) is 4.39 Å². The molecule has 2 rings (SSSR count). The van der Waals surface area contributed by atoms with Crippen LogP contribution in [-0.2, 0) is 11.3 Å². The molecule has 0 atom stereocenters. The quantitative estimate of drug-likeness (QED) is 0.768. The molecule has 0 bridgehead atoms. The van der Waals surface area contributed by atoms with E-state index < -0.39 is 0 Å². The molecular formula is C12H13BrFN3O2S. The Bertz CT molecular complexity index is 547. The molecule has 20 heavy (non-hydrogen) atoms. The zero-order valence-corrected chi connectivity index (χ0v) is 13.1. The number of nitrogens with one attached hydrogen (secondary N) is 1. The molecule has 0 radical (unpaired) electrons. The lowest BCUT2D eigenvalue weighted by molar-refractivity contribution is 0.199. The minimum Gasteiger partial charge on any atom is -0.430 e. The van der Waals surface area contributed by atoms with Gasteiger partial charge in [-0.3, -0.25) is 0 Å². The van der Waals surface area contributed by atoms with Gasteiger partial charge in [0.15, 0.2) is 0 Å². The van der Waals surface area contributed by atoms with E-state index in [1.54, 1.807) is 13.2 Å². The first kappa shape index (κ1) is 15.3. The summed E-state index contributed by atoms with van der Waals surface area (Å²) in [4.78, 5) is 0. The van der Waals surface area contributed by atoms with Crippen LogP contribution in [0.15, 0.2) is 22.7 Å². The van der Waals surface area contributed by atoms with Crippen molar-refractivity contribution in [3.8, 4) is 10.9 Å². The van der Waals surface area contributed by atoms with Gasteiger partial charge >= 0.3 is 0 Å². The fourth-order valence-electron chi connectivity index (χ4n) is 1.41. The maximum atomic E-state index is 13.2. The molecule has 0 unspecified atom stereocenters. The van der Waals surface area contributed by atoms with Crippen LogP contribution < -0.4 is 10.1 Å². The summed E-state index contributed by atoms with van der Waals surface area (Å²) >= 11 is 4.52. The first-order chi connectivity index (χ1) is 9.67. The van der Waals surface area contributed by atoms with E-state index in [4.69, 9.17) is 9.47 Å². The van der Waals surface area contributed by atoms with Crippen molar-refractivity contribution in [2.75, 3.05) is 20.3 Å². The van der Waals surface area contributed by atoms with Gasteiger partial charge in [-0.05, 0) is 12.1 Å². The molecule has 0 saturated carbocycles. The van der Waals surface area contributed by atoms with Crippen LogP contribution in [0.25, 0.3) is 0 Å².